The summed E-state index contributed by atoms with van der Waals surface area (Å²) in [6.07, 6.45) is 7.72. The first-order valence-corrected chi connectivity index (χ1v) is 10.6. The number of fused-ring (bicyclic) bond motifs is 1. The third kappa shape index (κ3) is 3.57. The topological polar surface area (TPSA) is 79.6 Å². The summed E-state index contributed by atoms with van der Waals surface area (Å²) >= 11 is 0. The van der Waals surface area contributed by atoms with Crippen LogP contribution in [0, 0.1) is 0 Å². The lowest BCUT2D eigenvalue weighted by atomic mass is 10.1. The number of hydrogen-bond acceptors (Lipinski definition) is 4. The molecule has 0 bridgehead atoms. The van der Waals surface area contributed by atoms with E-state index in [-0.39, 0.29) is 0 Å². The highest BCUT2D eigenvalue weighted by Crippen LogP contribution is 2.30. The number of anilines is 1. The molecule has 158 valence electrons. The van der Waals surface area contributed by atoms with Gasteiger partial charge in [0.2, 0.25) is 0 Å². The van der Waals surface area contributed by atoms with Crippen LogP contribution in [-0.4, -0.2) is 63.5 Å². The molecule has 1 aromatic carbocycles. The van der Waals surface area contributed by atoms with Gasteiger partial charge in [-0.3, -0.25) is 10.2 Å². The molecule has 1 aliphatic rings. The first kappa shape index (κ1) is 19.4. The molecule has 3 aromatic heterocycles. The second-order valence-electron chi connectivity index (χ2n) is 8.06. The van der Waals surface area contributed by atoms with E-state index in [0.29, 0.717) is 0 Å². The van der Waals surface area contributed by atoms with E-state index in [0.717, 1.165) is 64.8 Å². The van der Waals surface area contributed by atoms with Gasteiger partial charge in [-0.1, -0.05) is 18.7 Å². The molecule has 3 N–H and O–H groups in total. The number of aromatic nitrogens is 5. The number of aromatic amines is 3. The molecule has 4 heterocycles. The average molecular weight is 414 g/mol. The molecule has 0 unspecified atom stereocenters. The first-order valence-electron chi connectivity index (χ1n) is 10.6. The fourth-order valence-electron chi connectivity index (χ4n) is 4.21. The Morgan fingerprint density at radius 1 is 1.19 bits per heavy atom. The normalized spacial score (nSPS) is 16.5. The number of rotatable bonds is 4. The Bertz CT molecular complexity index is 1330. The summed E-state index contributed by atoms with van der Waals surface area (Å²) < 4.78 is 0. The summed E-state index contributed by atoms with van der Waals surface area (Å²) in [5.41, 5.74) is 6.12. The number of hydrogen-bond donors (Lipinski definition) is 3. The summed E-state index contributed by atoms with van der Waals surface area (Å²) in [4.78, 5) is 8.44. The Hall–Kier alpha value is -3.58. The minimum Gasteiger partial charge on any atom is -0.368 e. The van der Waals surface area contributed by atoms with Gasteiger partial charge < -0.3 is 14.8 Å². The highest BCUT2D eigenvalue weighted by molar-refractivity contribution is 5.96. The van der Waals surface area contributed by atoms with Crippen molar-refractivity contribution < 1.29 is 0 Å². The molecule has 5 rings (SSSR count). The largest absolute Gasteiger partial charge is 0.368 e. The first-order chi connectivity index (χ1) is 15.1. The molecule has 1 saturated heterocycles. The quantitative estimate of drug-likeness (QED) is 0.480. The fourth-order valence-corrected chi connectivity index (χ4v) is 4.21. The molecule has 1 fully saturated rings. The van der Waals surface area contributed by atoms with Gasteiger partial charge in [-0.15, -0.1) is 0 Å². The average Bonchev–Trinajstić information content (AvgIpc) is 3.53. The number of allylic oxidation sites excluding steroid dienone is 1. The number of piperazine rings is 1. The fraction of sp³-hybridized carbons (Fsp3) is 0.250. The van der Waals surface area contributed by atoms with Crippen LogP contribution in [0.4, 0.5) is 5.69 Å². The van der Waals surface area contributed by atoms with Crippen LogP contribution in [0.5, 0.6) is 0 Å². The minimum atomic E-state index is 0.883. The third-order valence-electron chi connectivity index (χ3n) is 6.05. The van der Waals surface area contributed by atoms with Crippen molar-refractivity contribution in [2.24, 2.45) is 0 Å². The van der Waals surface area contributed by atoms with Gasteiger partial charge in [0.15, 0.2) is 0 Å². The van der Waals surface area contributed by atoms with Crippen molar-refractivity contribution >= 4 is 34.3 Å². The van der Waals surface area contributed by atoms with Gasteiger partial charge in [-0.25, -0.2) is 0 Å². The van der Waals surface area contributed by atoms with E-state index in [9.17, 15) is 0 Å². The van der Waals surface area contributed by atoms with Crippen molar-refractivity contribution in [3.05, 3.63) is 59.4 Å². The second-order valence-corrected chi connectivity index (χ2v) is 8.06. The third-order valence-corrected chi connectivity index (χ3v) is 6.05. The Morgan fingerprint density at radius 3 is 2.77 bits per heavy atom. The van der Waals surface area contributed by atoms with Crippen LogP contribution in [0.1, 0.15) is 12.5 Å². The van der Waals surface area contributed by atoms with Crippen molar-refractivity contribution in [2.75, 3.05) is 38.1 Å². The van der Waals surface area contributed by atoms with E-state index in [4.69, 9.17) is 0 Å². The van der Waals surface area contributed by atoms with Crippen molar-refractivity contribution in [2.45, 2.75) is 6.92 Å². The van der Waals surface area contributed by atoms with E-state index >= 15 is 0 Å². The molecule has 4 aromatic rings. The van der Waals surface area contributed by atoms with E-state index < -0.39 is 0 Å². The lowest BCUT2D eigenvalue weighted by molar-refractivity contribution is 0.313. The SMILES string of the molecule is C=C(/C=c1/c(-c2cc3c(N4CCN(C)CC4)cccc3[nH]2)n[nH]/c1=C/C)c1cn[nH]c1. The minimum absolute atomic E-state index is 0.883. The molecular weight excluding hydrogens is 386 g/mol. The number of benzene rings is 1. The molecule has 7 heteroatoms. The van der Waals surface area contributed by atoms with Gasteiger partial charge in [0.25, 0.3) is 0 Å². The zero-order valence-corrected chi connectivity index (χ0v) is 17.9. The van der Waals surface area contributed by atoms with Crippen LogP contribution in [-0.2, 0) is 0 Å². The van der Waals surface area contributed by atoms with Crippen LogP contribution in [0.25, 0.3) is 40.0 Å². The highest BCUT2D eigenvalue weighted by Gasteiger charge is 2.18. The zero-order valence-electron chi connectivity index (χ0n) is 17.9. The molecule has 1 aliphatic heterocycles. The molecule has 0 atom stereocenters. The molecule has 7 nitrogen and oxygen atoms in total. The van der Waals surface area contributed by atoms with E-state index in [1.807, 2.05) is 19.2 Å². The maximum Gasteiger partial charge on any atom is 0.116 e. The molecule has 0 aliphatic carbocycles. The summed E-state index contributed by atoms with van der Waals surface area (Å²) in [6.45, 7) is 10.5. The molecular formula is C24H27N7. The van der Waals surface area contributed by atoms with Crippen LogP contribution in [0.15, 0.2) is 43.2 Å². The molecule has 0 radical (unpaired) electrons. The Balaban J connectivity index is 1.60. The maximum atomic E-state index is 4.64. The summed E-state index contributed by atoms with van der Waals surface area (Å²) in [5.74, 6) is 0. The predicted molar refractivity (Wildman–Crippen MR) is 127 cm³/mol. The van der Waals surface area contributed by atoms with Crippen LogP contribution >= 0.6 is 0 Å². The summed E-state index contributed by atoms with van der Waals surface area (Å²) in [7, 11) is 2.18. The van der Waals surface area contributed by atoms with Crippen LogP contribution in [0.3, 0.4) is 0 Å². The maximum absolute atomic E-state index is 4.64. The predicted octanol–water partition coefficient (Wildman–Crippen LogP) is 2.33. The molecule has 0 amide bonds. The number of likely N-dealkylation sites (N-methyl/N-ethyl adjacent to an activating group) is 1. The van der Waals surface area contributed by atoms with Gasteiger partial charge in [0, 0.05) is 59.7 Å². The Morgan fingerprint density at radius 2 is 2.03 bits per heavy atom. The lowest BCUT2D eigenvalue weighted by Gasteiger charge is -2.34. The van der Waals surface area contributed by atoms with E-state index in [2.05, 4.69) is 79.1 Å². The van der Waals surface area contributed by atoms with Crippen molar-refractivity contribution in [3.63, 3.8) is 0 Å². The van der Waals surface area contributed by atoms with Crippen molar-refractivity contribution in [1.29, 1.82) is 0 Å². The number of nitrogens with one attached hydrogen (secondary N) is 3. The van der Waals surface area contributed by atoms with Crippen LogP contribution < -0.4 is 15.5 Å². The summed E-state index contributed by atoms with van der Waals surface area (Å²) in [5, 5.41) is 17.9. The van der Waals surface area contributed by atoms with Gasteiger partial charge in [0.1, 0.15) is 5.69 Å². The molecule has 0 saturated carbocycles. The van der Waals surface area contributed by atoms with E-state index in [1.54, 1.807) is 6.20 Å². The van der Waals surface area contributed by atoms with Crippen LogP contribution in [0.2, 0.25) is 0 Å². The second kappa shape index (κ2) is 7.92. The van der Waals surface area contributed by atoms with E-state index in [1.165, 1.54) is 11.1 Å². The van der Waals surface area contributed by atoms with Crippen molar-refractivity contribution in [1.82, 2.24) is 30.3 Å². The highest BCUT2D eigenvalue weighted by atomic mass is 15.2. The van der Waals surface area contributed by atoms with Gasteiger partial charge in [0.05, 0.1) is 17.2 Å². The standard InChI is InChI=1S/C24H27N7/c1-4-20-19(12-16(2)17-14-25-26-15-17)24(29-28-20)22-13-18-21(27-22)6-5-7-23(18)31-10-8-30(3)9-11-31/h4-7,12-15,27-28H,2,8-11H2,1,3H3,(H,25,26)/b19-12+,20-4+. The van der Waals surface area contributed by atoms with Gasteiger partial charge >= 0.3 is 0 Å². The Kier molecular flexibility index (Phi) is 4.95. The molecule has 0 spiro atoms. The van der Waals surface area contributed by atoms with Gasteiger partial charge in [-0.2, -0.15) is 10.2 Å². The van der Waals surface area contributed by atoms with Crippen molar-refractivity contribution in [3.8, 4) is 11.4 Å². The smallest absolute Gasteiger partial charge is 0.116 e. The number of nitrogens with zero attached hydrogens (tertiary/aromatic N) is 4. The number of H-pyrrole nitrogens is 3. The monoisotopic (exact) mass is 413 g/mol. The summed E-state index contributed by atoms with van der Waals surface area (Å²) in [6, 6.07) is 8.69. The van der Waals surface area contributed by atoms with Gasteiger partial charge in [-0.05, 0) is 43.8 Å². The molecule has 31 heavy (non-hydrogen) atoms. The lowest BCUT2D eigenvalue weighted by Crippen LogP contribution is -2.44. The zero-order chi connectivity index (χ0) is 21.4. The Labute approximate surface area is 180 Å².